The van der Waals surface area contributed by atoms with Gasteiger partial charge in [-0.15, -0.1) is 0 Å². The Labute approximate surface area is 152 Å². The maximum absolute atomic E-state index is 12.1. The molecule has 1 fully saturated rings. The van der Waals surface area contributed by atoms with E-state index in [1.165, 1.54) is 12.8 Å². The topological polar surface area (TPSA) is 70.2 Å². The molecule has 7 heteroatoms. The van der Waals surface area contributed by atoms with Gasteiger partial charge in [-0.05, 0) is 38.0 Å². The van der Waals surface area contributed by atoms with Crippen molar-refractivity contribution >= 4 is 29.1 Å². The first-order valence-corrected chi connectivity index (χ1v) is 8.88. The summed E-state index contributed by atoms with van der Waals surface area (Å²) in [6, 6.07) is 8.87. The van der Waals surface area contributed by atoms with E-state index < -0.39 is 0 Å². The zero-order chi connectivity index (χ0) is 17.6. The van der Waals surface area contributed by atoms with Crippen LogP contribution in [0.25, 0.3) is 0 Å². The number of aromatic nitrogens is 2. The van der Waals surface area contributed by atoms with Crippen LogP contribution in [0.2, 0.25) is 5.02 Å². The Bertz CT molecular complexity index is 746. The summed E-state index contributed by atoms with van der Waals surface area (Å²) < 4.78 is 0. The zero-order valence-corrected chi connectivity index (χ0v) is 15.0. The third-order valence-corrected chi connectivity index (χ3v) is 4.29. The molecule has 0 atom stereocenters. The van der Waals surface area contributed by atoms with Crippen LogP contribution in [0, 0.1) is 6.92 Å². The molecule has 1 aliphatic heterocycles. The quantitative estimate of drug-likeness (QED) is 0.776. The number of hydrogen-bond donors (Lipinski definition) is 2. The fourth-order valence-corrected chi connectivity index (χ4v) is 3.04. The van der Waals surface area contributed by atoms with Gasteiger partial charge in [-0.3, -0.25) is 4.79 Å². The number of halogens is 1. The van der Waals surface area contributed by atoms with Gasteiger partial charge in [0.2, 0.25) is 0 Å². The molecule has 0 unspecified atom stereocenters. The van der Waals surface area contributed by atoms with Crippen molar-refractivity contribution in [1.82, 2.24) is 15.3 Å². The summed E-state index contributed by atoms with van der Waals surface area (Å²) >= 11 is 5.90. The summed E-state index contributed by atoms with van der Waals surface area (Å²) in [5.41, 5.74) is 0.557. The number of amides is 1. The molecule has 6 nitrogen and oxygen atoms in total. The van der Waals surface area contributed by atoms with Crippen LogP contribution >= 0.6 is 11.6 Å². The first-order chi connectivity index (χ1) is 12.1. The first kappa shape index (κ1) is 17.5. The van der Waals surface area contributed by atoms with E-state index in [4.69, 9.17) is 11.6 Å². The number of benzene rings is 1. The molecular weight excluding hydrogens is 338 g/mol. The van der Waals surface area contributed by atoms with Gasteiger partial charge in [0.25, 0.3) is 5.91 Å². The highest BCUT2D eigenvalue weighted by atomic mass is 35.5. The molecule has 0 aliphatic carbocycles. The summed E-state index contributed by atoms with van der Waals surface area (Å²) in [4.78, 5) is 23.3. The van der Waals surface area contributed by atoms with E-state index in [1.54, 1.807) is 24.3 Å². The molecule has 132 valence electrons. The van der Waals surface area contributed by atoms with Crippen molar-refractivity contribution < 1.29 is 4.79 Å². The van der Waals surface area contributed by atoms with E-state index >= 15 is 0 Å². The Morgan fingerprint density at radius 3 is 2.76 bits per heavy atom. The van der Waals surface area contributed by atoms with Crippen LogP contribution < -0.4 is 15.5 Å². The van der Waals surface area contributed by atoms with Gasteiger partial charge in [0.1, 0.15) is 17.5 Å². The minimum absolute atomic E-state index is 0.138. The second kappa shape index (κ2) is 8.16. The standard InChI is InChI=1S/C18H22ClN5O/c1-13-22-16(12-17(23-13)24-9-2-3-10-24)20-7-8-21-18(25)14-5-4-6-15(19)11-14/h4-6,11-12H,2-3,7-10H2,1H3,(H,21,25)(H,20,22,23). The smallest absolute Gasteiger partial charge is 0.251 e. The molecule has 3 rings (SSSR count). The first-order valence-electron chi connectivity index (χ1n) is 8.50. The molecule has 2 N–H and O–H groups in total. The Morgan fingerprint density at radius 2 is 2.00 bits per heavy atom. The molecule has 1 saturated heterocycles. The van der Waals surface area contributed by atoms with Gasteiger partial charge >= 0.3 is 0 Å². The van der Waals surface area contributed by atoms with E-state index in [-0.39, 0.29) is 5.91 Å². The third kappa shape index (κ3) is 4.82. The Kier molecular flexibility index (Phi) is 5.71. The van der Waals surface area contributed by atoms with Crippen LogP contribution in [0.4, 0.5) is 11.6 Å². The summed E-state index contributed by atoms with van der Waals surface area (Å²) in [7, 11) is 0. The maximum Gasteiger partial charge on any atom is 0.251 e. The lowest BCUT2D eigenvalue weighted by Gasteiger charge is -2.17. The summed E-state index contributed by atoms with van der Waals surface area (Å²) in [6.07, 6.45) is 2.42. The number of aryl methyl sites for hydroxylation is 1. The average Bonchev–Trinajstić information content (AvgIpc) is 3.13. The Hall–Kier alpha value is -2.34. The molecule has 2 aromatic rings. The average molecular weight is 360 g/mol. The molecule has 1 aromatic heterocycles. The minimum Gasteiger partial charge on any atom is -0.368 e. The number of rotatable bonds is 6. The maximum atomic E-state index is 12.1. The minimum atomic E-state index is -0.138. The second-order valence-electron chi connectivity index (χ2n) is 6.05. The Morgan fingerprint density at radius 1 is 1.20 bits per heavy atom. The molecule has 1 aliphatic rings. The Balaban J connectivity index is 1.51. The summed E-state index contributed by atoms with van der Waals surface area (Å²) in [6.45, 7) is 5.07. The number of hydrogen-bond acceptors (Lipinski definition) is 5. The highest BCUT2D eigenvalue weighted by Gasteiger charge is 2.15. The molecular formula is C18H22ClN5O. The van der Waals surface area contributed by atoms with Crippen molar-refractivity contribution in [2.24, 2.45) is 0 Å². The zero-order valence-electron chi connectivity index (χ0n) is 14.3. The van der Waals surface area contributed by atoms with Gasteiger partial charge in [-0.1, -0.05) is 17.7 Å². The summed E-state index contributed by atoms with van der Waals surface area (Å²) in [5.74, 6) is 2.36. The molecule has 2 heterocycles. The van der Waals surface area contributed by atoms with Crippen molar-refractivity contribution in [3.63, 3.8) is 0 Å². The number of carbonyl (C=O) groups excluding carboxylic acids is 1. The molecule has 25 heavy (non-hydrogen) atoms. The second-order valence-corrected chi connectivity index (χ2v) is 6.48. The van der Waals surface area contributed by atoms with Crippen LogP contribution in [0.1, 0.15) is 29.0 Å². The van der Waals surface area contributed by atoms with Crippen molar-refractivity contribution in [2.45, 2.75) is 19.8 Å². The van der Waals surface area contributed by atoms with Gasteiger partial charge < -0.3 is 15.5 Å². The van der Waals surface area contributed by atoms with Crippen molar-refractivity contribution in [2.75, 3.05) is 36.4 Å². The van der Waals surface area contributed by atoms with Crippen molar-refractivity contribution in [1.29, 1.82) is 0 Å². The van der Waals surface area contributed by atoms with Gasteiger partial charge in [0.05, 0.1) is 0 Å². The van der Waals surface area contributed by atoms with E-state index in [1.807, 2.05) is 13.0 Å². The van der Waals surface area contributed by atoms with E-state index in [9.17, 15) is 4.79 Å². The highest BCUT2D eigenvalue weighted by Crippen LogP contribution is 2.20. The SMILES string of the molecule is Cc1nc(NCCNC(=O)c2cccc(Cl)c2)cc(N2CCCC2)n1. The molecule has 1 aromatic carbocycles. The predicted octanol–water partition coefficient (Wildman–Crippen LogP) is 2.88. The molecule has 0 spiro atoms. The molecule has 1 amide bonds. The van der Waals surface area contributed by atoms with Crippen LogP contribution in [0.15, 0.2) is 30.3 Å². The fraction of sp³-hybridized carbons (Fsp3) is 0.389. The van der Waals surface area contributed by atoms with Gasteiger partial charge in [-0.2, -0.15) is 0 Å². The normalized spacial score (nSPS) is 13.8. The number of anilines is 2. The summed E-state index contributed by atoms with van der Waals surface area (Å²) in [5, 5.41) is 6.67. The van der Waals surface area contributed by atoms with Gasteiger partial charge in [0, 0.05) is 42.8 Å². The number of carbonyl (C=O) groups is 1. The number of nitrogens with zero attached hydrogens (tertiary/aromatic N) is 3. The molecule has 0 radical (unpaired) electrons. The molecule has 0 saturated carbocycles. The lowest BCUT2D eigenvalue weighted by molar-refractivity contribution is 0.0955. The monoisotopic (exact) mass is 359 g/mol. The van der Waals surface area contributed by atoms with Gasteiger partial charge in [-0.25, -0.2) is 9.97 Å². The van der Waals surface area contributed by atoms with Crippen LogP contribution in [0.3, 0.4) is 0 Å². The van der Waals surface area contributed by atoms with Crippen LogP contribution in [-0.4, -0.2) is 42.1 Å². The lowest BCUT2D eigenvalue weighted by Crippen LogP contribution is -2.29. The van der Waals surface area contributed by atoms with E-state index in [0.29, 0.717) is 23.7 Å². The van der Waals surface area contributed by atoms with Gasteiger partial charge in [0.15, 0.2) is 0 Å². The van der Waals surface area contributed by atoms with Crippen LogP contribution in [0.5, 0.6) is 0 Å². The largest absolute Gasteiger partial charge is 0.368 e. The van der Waals surface area contributed by atoms with Crippen molar-refractivity contribution in [3.05, 3.63) is 46.7 Å². The molecule has 0 bridgehead atoms. The lowest BCUT2D eigenvalue weighted by atomic mass is 10.2. The van der Waals surface area contributed by atoms with Crippen molar-refractivity contribution in [3.8, 4) is 0 Å². The number of nitrogens with one attached hydrogen (secondary N) is 2. The highest BCUT2D eigenvalue weighted by molar-refractivity contribution is 6.30. The van der Waals surface area contributed by atoms with E-state index in [0.717, 1.165) is 30.5 Å². The predicted molar refractivity (Wildman–Crippen MR) is 100 cm³/mol. The fourth-order valence-electron chi connectivity index (χ4n) is 2.85. The third-order valence-electron chi connectivity index (χ3n) is 4.06. The van der Waals surface area contributed by atoms with Crippen LogP contribution in [-0.2, 0) is 0 Å². The van der Waals surface area contributed by atoms with E-state index in [2.05, 4.69) is 25.5 Å².